The quantitative estimate of drug-likeness (QED) is 0.617. The Morgan fingerprint density at radius 3 is 2.30 bits per heavy atom. The molecule has 1 aromatic rings. The first kappa shape index (κ1) is 5.98. The van der Waals surface area contributed by atoms with Crippen molar-refractivity contribution in [3.05, 3.63) is 24.5 Å². The average molecular weight is 137 g/mol. The zero-order chi connectivity index (χ0) is 6.97. The molecule has 2 heteroatoms. The lowest BCUT2D eigenvalue weighted by atomic mass is 9.89. The lowest BCUT2D eigenvalue weighted by Crippen LogP contribution is -2.29. The monoisotopic (exact) mass is 137 g/mol. The third-order valence-corrected chi connectivity index (χ3v) is 2.14. The molecule has 1 heterocycles. The van der Waals surface area contributed by atoms with Gasteiger partial charge in [0.25, 0.3) is 0 Å². The highest BCUT2D eigenvalue weighted by molar-refractivity contribution is 4.96. The largest absolute Gasteiger partial charge is 0.393 e. The number of aliphatic hydroxyl groups excluding tert-OH is 1. The van der Waals surface area contributed by atoms with E-state index in [-0.39, 0.29) is 6.10 Å². The maximum Gasteiger partial charge on any atom is 0.0579 e. The molecule has 1 aromatic heterocycles. The van der Waals surface area contributed by atoms with E-state index in [1.807, 2.05) is 12.1 Å². The van der Waals surface area contributed by atoms with Crippen LogP contribution in [0.4, 0.5) is 0 Å². The fourth-order valence-corrected chi connectivity index (χ4v) is 1.39. The standard InChI is InChI=1S/C8H11NO/c10-8-5-7(6-8)9-3-1-2-4-9/h1-4,7-8,10H,5-6H2. The summed E-state index contributed by atoms with van der Waals surface area (Å²) in [4.78, 5) is 0. The van der Waals surface area contributed by atoms with E-state index in [2.05, 4.69) is 17.0 Å². The van der Waals surface area contributed by atoms with E-state index < -0.39 is 0 Å². The molecule has 1 aliphatic carbocycles. The predicted molar refractivity (Wildman–Crippen MR) is 38.7 cm³/mol. The van der Waals surface area contributed by atoms with E-state index in [0.29, 0.717) is 6.04 Å². The summed E-state index contributed by atoms with van der Waals surface area (Å²) in [6, 6.07) is 4.60. The molecule has 1 saturated carbocycles. The molecule has 54 valence electrons. The lowest BCUT2D eigenvalue weighted by molar-refractivity contribution is 0.0487. The highest BCUT2D eigenvalue weighted by Crippen LogP contribution is 2.31. The molecule has 0 saturated heterocycles. The zero-order valence-corrected chi connectivity index (χ0v) is 5.77. The van der Waals surface area contributed by atoms with Gasteiger partial charge in [0.2, 0.25) is 0 Å². The third kappa shape index (κ3) is 0.847. The normalized spacial score (nSPS) is 31.7. The van der Waals surface area contributed by atoms with Crippen LogP contribution in [0.1, 0.15) is 18.9 Å². The van der Waals surface area contributed by atoms with E-state index in [4.69, 9.17) is 5.11 Å². The van der Waals surface area contributed by atoms with Crippen molar-refractivity contribution in [2.45, 2.75) is 25.0 Å². The molecule has 2 nitrogen and oxygen atoms in total. The Labute approximate surface area is 60.1 Å². The van der Waals surface area contributed by atoms with Gasteiger partial charge < -0.3 is 9.67 Å². The number of aromatic nitrogens is 1. The lowest BCUT2D eigenvalue weighted by Gasteiger charge is -2.32. The van der Waals surface area contributed by atoms with Crippen molar-refractivity contribution in [1.29, 1.82) is 0 Å². The Morgan fingerprint density at radius 1 is 1.20 bits per heavy atom. The minimum absolute atomic E-state index is 0.0487. The zero-order valence-electron chi connectivity index (χ0n) is 5.77. The first-order valence-corrected chi connectivity index (χ1v) is 3.67. The molecular weight excluding hydrogens is 126 g/mol. The molecule has 0 spiro atoms. The molecule has 2 rings (SSSR count). The molecule has 0 aliphatic heterocycles. The molecule has 0 amide bonds. The molecule has 1 N–H and O–H groups in total. The highest BCUT2D eigenvalue weighted by atomic mass is 16.3. The van der Waals surface area contributed by atoms with E-state index in [0.717, 1.165) is 12.8 Å². The summed E-state index contributed by atoms with van der Waals surface area (Å²) in [5.41, 5.74) is 0. The Morgan fingerprint density at radius 2 is 1.80 bits per heavy atom. The molecule has 0 aromatic carbocycles. The van der Waals surface area contributed by atoms with E-state index in [1.54, 1.807) is 0 Å². The second-order valence-corrected chi connectivity index (χ2v) is 2.91. The van der Waals surface area contributed by atoms with E-state index >= 15 is 0 Å². The van der Waals surface area contributed by atoms with Crippen LogP contribution in [-0.2, 0) is 0 Å². The summed E-state index contributed by atoms with van der Waals surface area (Å²) < 4.78 is 2.16. The van der Waals surface area contributed by atoms with Crippen LogP contribution in [0.15, 0.2) is 24.5 Å². The van der Waals surface area contributed by atoms with Crippen LogP contribution in [-0.4, -0.2) is 15.8 Å². The first-order valence-electron chi connectivity index (χ1n) is 3.67. The average Bonchev–Trinajstić information content (AvgIpc) is 2.31. The van der Waals surface area contributed by atoms with Gasteiger partial charge in [0.15, 0.2) is 0 Å². The number of aliphatic hydroxyl groups is 1. The Kier molecular flexibility index (Phi) is 1.27. The van der Waals surface area contributed by atoms with Crippen LogP contribution in [0, 0.1) is 0 Å². The van der Waals surface area contributed by atoms with E-state index in [9.17, 15) is 0 Å². The molecule has 10 heavy (non-hydrogen) atoms. The van der Waals surface area contributed by atoms with Crippen molar-refractivity contribution in [3.63, 3.8) is 0 Å². The van der Waals surface area contributed by atoms with Crippen molar-refractivity contribution in [1.82, 2.24) is 4.57 Å². The summed E-state index contributed by atoms with van der Waals surface area (Å²) >= 11 is 0. The van der Waals surface area contributed by atoms with Gasteiger partial charge in [-0.3, -0.25) is 0 Å². The number of nitrogens with zero attached hydrogens (tertiary/aromatic N) is 1. The Hall–Kier alpha value is -0.760. The van der Waals surface area contributed by atoms with Crippen molar-refractivity contribution in [2.24, 2.45) is 0 Å². The van der Waals surface area contributed by atoms with Gasteiger partial charge in [-0.2, -0.15) is 0 Å². The molecule has 0 radical (unpaired) electrons. The molecule has 1 aliphatic rings. The second-order valence-electron chi connectivity index (χ2n) is 2.91. The number of hydrogen-bond donors (Lipinski definition) is 1. The van der Waals surface area contributed by atoms with Crippen molar-refractivity contribution in [3.8, 4) is 0 Å². The molecule has 0 atom stereocenters. The molecule has 1 fully saturated rings. The fourth-order valence-electron chi connectivity index (χ4n) is 1.39. The van der Waals surface area contributed by atoms with Crippen LogP contribution in [0.2, 0.25) is 0 Å². The van der Waals surface area contributed by atoms with Gasteiger partial charge in [-0.1, -0.05) is 0 Å². The summed E-state index contributed by atoms with van der Waals surface area (Å²) in [6.07, 6.45) is 5.91. The third-order valence-electron chi connectivity index (χ3n) is 2.14. The minimum atomic E-state index is -0.0487. The number of hydrogen-bond acceptors (Lipinski definition) is 1. The van der Waals surface area contributed by atoms with Crippen LogP contribution < -0.4 is 0 Å². The Balaban J connectivity index is 2.04. The van der Waals surface area contributed by atoms with Gasteiger partial charge in [-0.25, -0.2) is 0 Å². The van der Waals surface area contributed by atoms with Crippen LogP contribution in [0.5, 0.6) is 0 Å². The topological polar surface area (TPSA) is 25.2 Å². The van der Waals surface area contributed by atoms with Gasteiger partial charge in [-0.05, 0) is 25.0 Å². The van der Waals surface area contributed by atoms with Crippen molar-refractivity contribution in [2.75, 3.05) is 0 Å². The summed E-state index contributed by atoms with van der Waals surface area (Å²) in [5, 5.41) is 9.00. The molecular formula is C8H11NO. The summed E-state index contributed by atoms with van der Waals surface area (Å²) in [7, 11) is 0. The predicted octanol–water partition coefficient (Wildman–Crippen LogP) is 1.18. The minimum Gasteiger partial charge on any atom is -0.393 e. The first-order chi connectivity index (χ1) is 4.86. The van der Waals surface area contributed by atoms with E-state index in [1.165, 1.54) is 0 Å². The maximum atomic E-state index is 9.00. The van der Waals surface area contributed by atoms with Gasteiger partial charge in [0.05, 0.1) is 6.10 Å². The maximum absolute atomic E-state index is 9.00. The SMILES string of the molecule is OC1CC(n2cccc2)C1. The van der Waals surface area contributed by atoms with Gasteiger partial charge >= 0.3 is 0 Å². The highest BCUT2D eigenvalue weighted by Gasteiger charge is 2.27. The smallest absolute Gasteiger partial charge is 0.0579 e. The van der Waals surface area contributed by atoms with Gasteiger partial charge in [0.1, 0.15) is 0 Å². The molecule has 0 bridgehead atoms. The van der Waals surface area contributed by atoms with Crippen LogP contribution in [0.25, 0.3) is 0 Å². The molecule has 0 unspecified atom stereocenters. The Bertz CT molecular complexity index is 199. The van der Waals surface area contributed by atoms with Gasteiger partial charge in [0, 0.05) is 18.4 Å². The van der Waals surface area contributed by atoms with Gasteiger partial charge in [-0.15, -0.1) is 0 Å². The fraction of sp³-hybridized carbons (Fsp3) is 0.500. The summed E-state index contributed by atoms with van der Waals surface area (Å²) in [5.74, 6) is 0. The van der Waals surface area contributed by atoms with Crippen molar-refractivity contribution >= 4 is 0 Å². The summed E-state index contributed by atoms with van der Waals surface area (Å²) in [6.45, 7) is 0. The van der Waals surface area contributed by atoms with Crippen molar-refractivity contribution < 1.29 is 5.11 Å². The second kappa shape index (κ2) is 2.13. The van der Waals surface area contributed by atoms with Crippen LogP contribution in [0.3, 0.4) is 0 Å². The van der Waals surface area contributed by atoms with Crippen LogP contribution >= 0.6 is 0 Å². The number of rotatable bonds is 1.